The van der Waals surface area contributed by atoms with Gasteiger partial charge in [-0.15, -0.1) is 0 Å². The van der Waals surface area contributed by atoms with Gasteiger partial charge in [-0.1, -0.05) is 0 Å². The molecule has 0 saturated carbocycles. The minimum Gasteiger partial charge on any atom is -0.366 e. The third-order valence-electron chi connectivity index (χ3n) is 2.77. The van der Waals surface area contributed by atoms with Crippen LogP contribution in [0.2, 0.25) is 0 Å². The molecule has 0 radical (unpaired) electrons. The van der Waals surface area contributed by atoms with Crippen molar-refractivity contribution in [3.05, 3.63) is 48.0 Å². The summed E-state index contributed by atoms with van der Waals surface area (Å²) in [6.45, 7) is 4.04. The number of nitrogens with zero attached hydrogens (tertiary/aromatic N) is 3. The Labute approximate surface area is 111 Å². The molecule has 1 aromatic heterocycles. The molecule has 2 rings (SSSR count). The van der Waals surface area contributed by atoms with Crippen molar-refractivity contribution in [1.29, 1.82) is 5.26 Å². The van der Waals surface area contributed by atoms with Crippen LogP contribution in [-0.4, -0.2) is 9.78 Å². The molecule has 5 heteroatoms. The second-order valence-corrected chi connectivity index (χ2v) is 4.56. The summed E-state index contributed by atoms with van der Waals surface area (Å²) in [5.41, 5.74) is 1.49. The fraction of sp³-hybridized carbons (Fsp3) is 0.286. The SMILES string of the molecule is CC(C)n1cc(C(C#N)Nc2ccc(F)cc2)cn1. The number of nitrogens with one attached hydrogen (secondary N) is 1. The van der Waals surface area contributed by atoms with Crippen molar-refractivity contribution < 1.29 is 4.39 Å². The van der Waals surface area contributed by atoms with Gasteiger partial charge in [-0.2, -0.15) is 10.4 Å². The van der Waals surface area contributed by atoms with Crippen molar-refractivity contribution in [2.45, 2.75) is 25.9 Å². The quantitative estimate of drug-likeness (QED) is 0.915. The molecule has 1 aromatic carbocycles. The van der Waals surface area contributed by atoms with E-state index < -0.39 is 6.04 Å². The monoisotopic (exact) mass is 258 g/mol. The summed E-state index contributed by atoms with van der Waals surface area (Å²) in [4.78, 5) is 0. The van der Waals surface area contributed by atoms with Crippen molar-refractivity contribution in [3.63, 3.8) is 0 Å². The summed E-state index contributed by atoms with van der Waals surface area (Å²) in [7, 11) is 0. The Morgan fingerprint density at radius 2 is 2.00 bits per heavy atom. The van der Waals surface area contributed by atoms with Gasteiger partial charge < -0.3 is 5.32 Å². The highest BCUT2D eigenvalue weighted by Gasteiger charge is 2.13. The van der Waals surface area contributed by atoms with Gasteiger partial charge in [-0.3, -0.25) is 4.68 Å². The lowest BCUT2D eigenvalue weighted by Gasteiger charge is -2.11. The highest BCUT2D eigenvalue weighted by atomic mass is 19.1. The van der Waals surface area contributed by atoms with E-state index in [9.17, 15) is 9.65 Å². The van der Waals surface area contributed by atoms with Gasteiger partial charge in [0.2, 0.25) is 0 Å². The first kappa shape index (κ1) is 13.1. The molecule has 98 valence electrons. The van der Waals surface area contributed by atoms with E-state index in [1.165, 1.54) is 12.1 Å². The molecule has 0 amide bonds. The summed E-state index contributed by atoms with van der Waals surface area (Å²) >= 11 is 0. The van der Waals surface area contributed by atoms with E-state index in [-0.39, 0.29) is 11.9 Å². The average molecular weight is 258 g/mol. The highest BCUT2D eigenvalue weighted by Crippen LogP contribution is 2.19. The van der Waals surface area contributed by atoms with Crippen LogP contribution in [0.4, 0.5) is 10.1 Å². The van der Waals surface area contributed by atoms with Gasteiger partial charge in [0.15, 0.2) is 0 Å². The van der Waals surface area contributed by atoms with Gasteiger partial charge in [0.05, 0.1) is 12.3 Å². The molecule has 0 bridgehead atoms. The standard InChI is InChI=1S/C14H15FN4/c1-10(2)19-9-11(8-17-19)14(7-16)18-13-5-3-12(15)4-6-13/h3-6,8-10,14,18H,1-2H3. The van der Waals surface area contributed by atoms with E-state index in [4.69, 9.17) is 0 Å². The van der Waals surface area contributed by atoms with Crippen LogP contribution in [0.5, 0.6) is 0 Å². The zero-order valence-corrected chi connectivity index (χ0v) is 10.8. The molecule has 1 heterocycles. The largest absolute Gasteiger partial charge is 0.366 e. The Hall–Kier alpha value is -2.35. The van der Waals surface area contributed by atoms with E-state index in [0.29, 0.717) is 5.69 Å². The van der Waals surface area contributed by atoms with E-state index >= 15 is 0 Å². The zero-order valence-electron chi connectivity index (χ0n) is 10.8. The number of rotatable bonds is 4. The van der Waals surface area contributed by atoms with Crippen LogP contribution in [0.15, 0.2) is 36.7 Å². The maximum absolute atomic E-state index is 12.8. The number of hydrogen-bond donors (Lipinski definition) is 1. The van der Waals surface area contributed by atoms with Gasteiger partial charge in [0.25, 0.3) is 0 Å². The summed E-state index contributed by atoms with van der Waals surface area (Å²) in [6.07, 6.45) is 3.51. The summed E-state index contributed by atoms with van der Waals surface area (Å²) in [6, 6.07) is 7.84. The molecule has 0 saturated heterocycles. The molecule has 4 nitrogen and oxygen atoms in total. The third-order valence-corrected chi connectivity index (χ3v) is 2.77. The van der Waals surface area contributed by atoms with Gasteiger partial charge in [0, 0.05) is 23.5 Å². The second kappa shape index (κ2) is 5.53. The molecule has 0 spiro atoms. The van der Waals surface area contributed by atoms with Crippen LogP contribution in [0.1, 0.15) is 31.5 Å². The lowest BCUT2D eigenvalue weighted by atomic mass is 10.1. The number of nitriles is 1. The summed E-state index contributed by atoms with van der Waals surface area (Å²) in [5, 5.41) is 16.5. The summed E-state index contributed by atoms with van der Waals surface area (Å²) < 4.78 is 14.6. The molecule has 19 heavy (non-hydrogen) atoms. The van der Waals surface area contributed by atoms with E-state index in [0.717, 1.165) is 5.56 Å². The van der Waals surface area contributed by atoms with Crippen LogP contribution in [-0.2, 0) is 0 Å². The van der Waals surface area contributed by atoms with E-state index in [1.807, 2.05) is 20.0 Å². The zero-order chi connectivity index (χ0) is 13.8. The van der Waals surface area contributed by atoms with Gasteiger partial charge >= 0.3 is 0 Å². The van der Waals surface area contributed by atoms with E-state index in [2.05, 4.69) is 16.5 Å². The second-order valence-electron chi connectivity index (χ2n) is 4.56. The molecule has 1 unspecified atom stereocenters. The molecule has 1 atom stereocenters. The minimum atomic E-state index is -0.502. The minimum absolute atomic E-state index is 0.249. The fourth-order valence-electron chi connectivity index (χ4n) is 1.69. The number of halogens is 1. The number of benzene rings is 1. The van der Waals surface area contributed by atoms with Crippen LogP contribution >= 0.6 is 0 Å². The lowest BCUT2D eigenvalue weighted by Crippen LogP contribution is -2.08. The van der Waals surface area contributed by atoms with Gasteiger partial charge in [0.1, 0.15) is 11.9 Å². The van der Waals surface area contributed by atoms with Crippen LogP contribution in [0.3, 0.4) is 0 Å². The van der Waals surface area contributed by atoms with Crippen molar-refractivity contribution >= 4 is 5.69 Å². The Kier molecular flexibility index (Phi) is 3.81. The molecule has 1 N–H and O–H groups in total. The normalized spacial score (nSPS) is 12.2. The molecule has 0 aliphatic carbocycles. The lowest BCUT2D eigenvalue weighted by molar-refractivity contribution is 0.532. The van der Waals surface area contributed by atoms with Gasteiger partial charge in [-0.05, 0) is 38.1 Å². The Balaban J connectivity index is 2.16. The number of aromatic nitrogens is 2. The average Bonchev–Trinajstić information content (AvgIpc) is 2.88. The molecule has 2 aromatic rings. The predicted molar refractivity (Wildman–Crippen MR) is 71.0 cm³/mol. The Morgan fingerprint density at radius 3 is 2.53 bits per heavy atom. The maximum Gasteiger partial charge on any atom is 0.143 e. The third kappa shape index (κ3) is 3.10. The van der Waals surface area contributed by atoms with Crippen molar-refractivity contribution in [2.75, 3.05) is 5.32 Å². The van der Waals surface area contributed by atoms with Crippen LogP contribution < -0.4 is 5.32 Å². The van der Waals surface area contributed by atoms with Crippen LogP contribution in [0, 0.1) is 17.1 Å². The first-order chi connectivity index (χ1) is 9.10. The van der Waals surface area contributed by atoms with Gasteiger partial charge in [-0.25, -0.2) is 4.39 Å². The van der Waals surface area contributed by atoms with E-state index in [1.54, 1.807) is 23.0 Å². The summed E-state index contributed by atoms with van der Waals surface area (Å²) in [5.74, 6) is -0.299. The first-order valence-electron chi connectivity index (χ1n) is 6.06. The van der Waals surface area contributed by atoms with Crippen LogP contribution in [0.25, 0.3) is 0 Å². The fourth-order valence-corrected chi connectivity index (χ4v) is 1.69. The molecule has 0 aliphatic rings. The Morgan fingerprint density at radius 1 is 1.32 bits per heavy atom. The topological polar surface area (TPSA) is 53.6 Å². The van der Waals surface area contributed by atoms with Crippen molar-refractivity contribution in [1.82, 2.24) is 9.78 Å². The van der Waals surface area contributed by atoms with Crippen molar-refractivity contribution in [3.8, 4) is 6.07 Å². The number of hydrogen-bond acceptors (Lipinski definition) is 3. The Bertz CT molecular complexity index is 580. The smallest absolute Gasteiger partial charge is 0.143 e. The molecular formula is C14H15FN4. The molecule has 0 aliphatic heterocycles. The number of anilines is 1. The first-order valence-corrected chi connectivity index (χ1v) is 6.06. The maximum atomic E-state index is 12.8. The predicted octanol–water partition coefficient (Wildman–Crippen LogP) is 3.28. The molecule has 0 fully saturated rings. The van der Waals surface area contributed by atoms with Crippen molar-refractivity contribution in [2.24, 2.45) is 0 Å². The highest BCUT2D eigenvalue weighted by molar-refractivity contribution is 5.46. The molecular weight excluding hydrogens is 243 g/mol.